The highest BCUT2D eigenvalue weighted by molar-refractivity contribution is 7.09. The number of methoxy groups -OCH3 is 1. The van der Waals surface area contributed by atoms with Gasteiger partial charge in [-0.15, -0.1) is 16.4 Å². The van der Waals surface area contributed by atoms with Gasteiger partial charge in [0, 0.05) is 39.8 Å². The highest BCUT2D eigenvalue weighted by Gasteiger charge is 2.20. The average Bonchev–Trinajstić information content (AvgIpc) is 3.68. The van der Waals surface area contributed by atoms with Crippen molar-refractivity contribution in [2.75, 3.05) is 12.4 Å². The van der Waals surface area contributed by atoms with E-state index in [0.717, 1.165) is 10.7 Å². The molecule has 1 unspecified atom stereocenters. The average molecular weight is 618 g/mol. The van der Waals surface area contributed by atoms with Gasteiger partial charge in [-0.25, -0.2) is 14.9 Å². The number of carbonyl (C=O) groups excluding carboxylic acids is 2. The van der Waals surface area contributed by atoms with Gasteiger partial charge in [0.15, 0.2) is 0 Å². The minimum absolute atomic E-state index is 0.338. The Labute approximate surface area is 253 Å². The summed E-state index contributed by atoms with van der Waals surface area (Å²) in [4.78, 5) is 42.0. The number of anilines is 1. The molecule has 13 nitrogen and oxygen atoms in total. The first-order valence-electron chi connectivity index (χ1n) is 12.8. The third-order valence-electron chi connectivity index (χ3n) is 6.17. The summed E-state index contributed by atoms with van der Waals surface area (Å²) in [6.45, 7) is 1.89. The zero-order valence-corrected chi connectivity index (χ0v) is 24.4. The third kappa shape index (κ3) is 7.36. The number of hydrogen-bond donors (Lipinski definition) is 3. The first-order chi connectivity index (χ1) is 20.8. The first kappa shape index (κ1) is 29.3. The molecular weight excluding hydrogens is 594 g/mol. The van der Waals surface area contributed by atoms with Gasteiger partial charge >= 0.3 is 6.09 Å². The van der Waals surface area contributed by atoms with E-state index in [-0.39, 0.29) is 0 Å². The molecule has 0 saturated carbocycles. The molecule has 0 aliphatic heterocycles. The number of aromatic amines is 1. The summed E-state index contributed by atoms with van der Waals surface area (Å²) in [7, 11) is 1.27. The molecule has 43 heavy (non-hydrogen) atoms. The van der Waals surface area contributed by atoms with E-state index in [4.69, 9.17) is 11.6 Å². The van der Waals surface area contributed by atoms with Gasteiger partial charge < -0.3 is 10.1 Å². The van der Waals surface area contributed by atoms with Crippen LogP contribution in [0, 0.1) is 6.92 Å². The molecule has 15 heteroatoms. The number of carbonyl (C=O) groups is 2. The fraction of sp³-hybridized carbons (Fsp3) is 0.143. The molecule has 3 heterocycles. The van der Waals surface area contributed by atoms with E-state index in [2.05, 4.69) is 46.1 Å². The summed E-state index contributed by atoms with van der Waals surface area (Å²) in [5, 5.41) is 26.8. The number of nitrogens with zero attached hydrogens (tertiary/aromatic N) is 6. The Bertz CT molecular complexity index is 1840. The molecule has 0 radical (unpaired) electrons. The number of tetrazole rings is 1. The summed E-state index contributed by atoms with van der Waals surface area (Å²) >= 11 is 7.67. The zero-order valence-electron chi connectivity index (χ0n) is 22.8. The van der Waals surface area contributed by atoms with Crippen LogP contribution in [0.1, 0.15) is 28.0 Å². The second kappa shape index (κ2) is 13.2. The molecule has 0 aliphatic rings. The van der Waals surface area contributed by atoms with Crippen molar-refractivity contribution < 1.29 is 14.3 Å². The number of H-pyrrole nitrogens is 1. The topological polar surface area (TPSA) is 170 Å². The largest absolute Gasteiger partial charge is 0.453 e. The zero-order chi connectivity index (χ0) is 30.3. The maximum absolute atomic E-state index is 13.2. The van der Waals surface area contributed by atoms with Crippen LogP contribution in [0.15, 0.2) is 71.1 Å². The fourth-order valence-electron chi connectivity index (χ4n) is 4.14. The van der Waals surface area contributed by atoms with Crippen LogP contribution in [-0.4, -0.2) is 54.5 Å². The van der Waals surface area contributed by atoms with Gasteiger partial charge in [0.25, 0.3) is 5.56 Å². The minimum atomic E-state index is -0.628. The van der Waals surface area contributed by atoms with Crippen LogP contribution in [0.3, 0.4) is 0 Å². The SMILES string of the molecule is COC(=O)Nc1ccc(-c2cc(C(Cc3nc(C)cs3)NC(=O)C=Cc3cc(Cl)ccc3-n3cnnn3)n[nH]c2=O)cc1. The lowest BCUT2D eigenvalue weighted by Gasteiger charge is -2.17. The van der Waals surface area contributed by atoms with Crippen LogP contribution in [-0.2, 0) is 16.0 Å². The van der Waals surface area contributed by atoms with Gasteiger partial charge in [0.2, 0.25) is 5.91 Å². The fourth-order valence-corrected chi connectivity index (χ4v) is 5.14. The van der Waals surface area contributed by atoms with Gasteiger partial charge in [-0.05, 0) is 65.4 Å². The molecular formula is C28H24ClN9O4S. The Morgan fingerprint density at radius 3 is 2.70 bits per heavy atom. The Morgan fingerprint density at radius 2 is 2.00 bits per heavy atom. The highest BCUT2D eigenvalue weighted by atomic mass is 35.5. The van der Waals surface area contributed by atoms with E-state index >= 15 is 0 Å². The van der Waals surface area contributed by atoms with Gasteiger partial charge in [-0.1, -0.05) is 23.7 Å². The van der Waals surface area contributed by atoms with E-state index in [1.165, 1.54) is 35.5 Å². The predicted octanol–water partition coefficient (Wildman–Crippen LogP) is 4.12. The Balaban J connectivity index is 1.42. The quantitative estimate of drug-likeness (QED) is 0.206. The number of aryl methyl sites for hydroxylation is 1. The molecule has 5 rings (SSSR count). The second-order valence-electron chi connectivity index (χ2n) is 9.17. The van der Waals surface area contributed by atoms with Crippen LogP contribution < -0.4 is 16.2 Å². The van der Waals surface area contributed by atoms with Crippen LogP contribution in [0.25, 0.3) is 22.9 Å². The van der Waals surface area contributed by atoms with E-state index in [1.54, 1.807) is 54.6 Å². The lowest BCUT2D eigenvalue weighted by molar-refractivity contribution is -0.117. The van der Waals surface area contributed by atoms with Crippen molar-refractivity contribution in [2.45, 2.75) is 19.4 Å². The molecule has 3 aromatic heterocycles. The van der Waals surface area contributed by atoms with Crippen molar-refractivity contribution in [3.05, 3.63) is 104 Å². The van der Waals surface area contributed by atoms with Crippen molar-refractivity contribution in [1.29, 1.82) is 0 Å². The summed E-state index contributed by atoms with van der Waals surface area (Å²) in [6, 6.07) is 12.8. The normalized spacial score (nSPS) is 11.8. The second-order valence-corrected chi connectivity index (χ2v) is 10.5. The molecule has 0 saturated heterocycles. The van der Waals surface area contributed by atoms with E-state index in [9.17, 15) is 14.4 Å². The molecule has 0 bridgehead atoms. The van der Waals surface area contributed by atoms with E-state index in [1.807, 2.05) is 12.3 Å². The van der Waals surface area contributed by atoms with Crippen LogP contribution >= 0.6 is 22.9 Å². The number of halogens is 1. The van der Waals surface area contributed by atoms with Gasteiger partial charge in [-0.2, -0.15) is 9.78 Å². The number of aromatic nitrogens is 7. The predicted molar refractivity (Wildman–Crippen MR) is 161 cm³/mol. The number of rotatable bonds is 9. The van der Waals surface area contributed by atoms with Crippen molar-refractivity contribution in [2.24, 2.45) is 0 Å². The van der Waals surface area contributed by atoms with Crippen molar-refractivity contribution in [3.63, 3.8) is 0 Å². The van der Waals surface area contributed by atoms with Gasteiger partial charge in [0.1, 0.15) is 6.33 Å². The summed E-state index contributed by atoms with van der Waals surface area (Å²) in [6.07, 6.45) is 4.15. The molecule has 2 aromatic carbocycles. The van der Waals surface area contributed by atoms with Crippen molar-refractivity contribution in [3.8, 4) is 16.8 Å². The van der Waals surface area contributed by atoms with Crippen LogP contribution in [0.4, 0.5) is 10.5 Å². The maximum Gasteiger partial charge on any atom is 0.411 e. The number of nitrogens with one attached hydrogen (secondary N) is 3. The summed E-state index contributed by atoms with van der Waals surface area (Å²) in [5.74, 6) is -0.409. The first-order valence-corrected chi connectivity index (χ1v) is 14.0. The van der Waals surface area contributed by atoms with Crippen molar-refractivity contribution >= 4 is 46.7 Å². The maximum atomic E-state index is 13.2. The standard InChI is InChI=1S/C28H24ClN9O4S/c1-16-14-43-26(31-16)13-22(33-25(39)10-5-18-11-19(29)6-9-24(18)38-15-30-36-37-38)23-12-21(27(40)35-34-23)17-3-7-20(8-4-17)32-28(41)42-2/h3-12,14-15,22H,13H2,1-2H3,(H,32,41)(H,33,39)(H,35,40). The van der Waals surface area contributed by atoms with Gasteiger partial charge in [0.05, 0.1) is 35.1 Å². The monoisotopic (exact) mass is 617 g/mol. The smallest absolute Gasteiger partial charge is 0.411 e. The van der Waals surface area contributed by atoms with E-state index in [0.29, 0.717) is 45.2 Å². The lowest BCUT2D eigenvalue weighted by atomic mass is 10.0. The summed E-state index contributed by atoms with van der Waals surface area (Å²) in [5.41, 5.74) is 3.56. The highest BCUT2D eigenvalue weighted by Crippen LogP contribution is 2.24. The van der Waals surface area contributed by atoms with Crippen LogP contribution in [0.2, 0.25) is 5.02 Å². The third-order valence-corrected chi connectivity index (χ3v) is 7.39. The molecule has 218 valence electrons. The number of benzene rings is 2. The molecule has 0 fully saturated rings. The number of ether oxygens (including phenoxy) is 1. The molecule has 2 amide bonds. The Morgan fingerprint density at radius 1 is 1.19 bits per heavy atom. The summed E-state index contributed by atoms with van der Waals surface area (Å²) < 4.78 is 6.07. The van der Waals surface area contributed by atoms with Crippen molar-refractivity contribution in [1.82, 2.24) is 40.7 Å². The molecule has 0 spiro atoms. The molecule has 0 aliphatic carbocycles. The molecule has 3 N–H and O–H groups in total. The Kier molecular flexibility index (Phi) is 8.98. The lowest BCUT2D eigenvalue weighted by Crippen LogP contribution is -2.30. The minimum Gasteiger partial charge on any atom is -0.453 e. The van der Waals surface area contributed by atoms with Gasteiger partial charge in [-0.3, -0.25) is 14.9 Å². The molecule has 5 aromatic rings. The number of hydrogen-bond acceptors (Lipinski definition) is 10. The Hall–Kier alpha value is -5.21. The van der Waals surface area contributed by atoms with E-state index < -0.39 is 23.6 Å². The number of thiazole rings is 1. The number of amides is 2. The molecule has 1 atom stereocenters. The van der Waals surface area contributed by atoms with Crippen LogP contribution in [0.5, 0.6) is 0 Å².